The lowest BCUT2D eigenvalue weighted by Crippen LogP contribution is -2.30. The number of hydrogen-bond acceptors (Lipinski definition) is 4. The normalized spacial score (nSPS) is 18.1. The molecule has 22 heavy (non-hydrogen) atoms. The highest BCUT2D eigenvalue weighted by molar-refractivity contribution is 5.93. The van der Waals surface area contributed by atoms with Gasteiger partial charge < -0.3 is 9.64 Å². The molecule has 0 unspecified atom stereocenters. The van der Waals surface area contributed by atoms with Crippen LogP contribution < -0.4 is 4.90 Å². The van der Waals surface area contributed by atoms with Gasteiger partial charge in [-0.1, -0.05) is 32.0 Å². The van der Waals surface area contributed by atoms with E-state index in [9.17, 15) is 4.79 Å². The van der Waals surface area contributed by atoms with Crippen LogP contribution >= 0.6 is 0 Å². The third-order valence-electron chi connectivity index (χ3n) is 4.34. The first-order valence-electron chi connectivity index (χ1n) is 7.63. The van der Waals surface area contributed by atoms with Gasteiger partial charge in [0.2, 0.25) is 0 Å². The minimum Gasteiger partial charge on any atom is -0.383 e. The molecule has 0 aliphatic carbocycles. The second-order valence-corrected chi connectivity index (χ2v) is 6.43. The summed E-state index contributed by atoms with van der Waals surface area (Å²) in [5.41, 5.74) is 3.36. The van der Waals surface area contributed by atoms with Gasteiger partial charge in [0.15, 0.2) is 5.78 Å². The van der Waals surface area contributed by atoms with Crippen molar-refractivity contribution in [1.82, 2.24) is 4.90 Å². The topological polar surface area (TPSA) is 32.8 Å². The molecule has 4 heteroatoms. The Kier molecular flexibility index (Phi) is 5.04. The van der Waals surface area contributed by atoms with Crippen molar-refractivity contribution >= 4 is 11.5 Å². The number of nitrogens with zero attached hydrogens (tertiary/aromatic N) is 2. The van der Waals surface area contributed by atoms with Crippen LogP contribution in [0.1, 0.15) is 19.4 Å². The van der Waals surface area contributed by atoms with Crippen LogP contribution in [0.3, 0.4) is 0 Å². The highest BCUT2D eigenvalue weighted by Gasteiger charge is 2.38. The number of ketones is 1. The first-order chi connectivity index (χ1) is 10.4. The minimum atomic E-state index is -0.147. The SMILES string of the molecule is COCCN(C)CC(=O)/C=C1/N(C)c2ccccc2C1(C)C. The average Bonchev–Trinajstić information content (AvgIpc) is 2.67. The Morgan fingerprint density at radius 1 is 1.36 bits per heavy atom. The number of allylic oxidation sites excluding steroid dienone is 1. The molecule has 0 spiro atoms. The molecule has 2 rings (SSSR count). The van der Waals surface area contributed by atoms with Crippen molar-refractivity contribution < 1.29 is 9.53 Å². The number of likely N-dealkylation sites (N-methyl/N-ethyl adjacent to an activating group) is 2. The van der Waals surface area contributed by atoms with Crippen LogP contribution in [-0.4, -0.2) is 51.6 Å². The van der Waals surface area contributed by atoms with E-state index in [-0.39, 0.29) is 11.2 Å². The van der Waals surface area contributed by atoms with Crippen LogP contribution in [0.4, 0.5) is 5.69 Å². The van der Waals surface area contributed by atoms with Crippen molar-refractivity contribution in [1.29, 1.82) is 0 Å². The van der Waals surface area contributed by atoms with E-state index in [1.54, 1.807) is 13.2 Å². The number of anilines is 1. The number of para-hydroxylation sites is 1. The van der Waals surface area contributed by atoms with Crippen LogP contribution in [0, 0.1) is 0 Å². The van der Waals surface area contributed by atoms with Gasteiger partial charge in [0.05, 0.1) is 13.2 Å². The predicted octanol–water partition coefficient (Wildman–Crippen LogP) is 2.45. The first kappa shape index (κ1) is 16.7. The lowest BCUT2D eigenvalue weighted by molar-refractivity contribution is -0.115. The summed E-state index contributed by atoms with van der Waals surface area (Å²) in [6.07, 6.45) is 1.79. The largest absolute Gasteiger partial charge is 0.383 e. The van der Waals surface area contributed by atoms with Gasteiger partial charge in [-0.05, 0) is 18.7 Å². The summed E-state index contributed by atoms with van der Waals surface area (Å²) in [6, 6.07) is 8.33. The van der Waals surface area contributed by atoms with Gasteiger partial charge in [0, 0.05) is 43.6 Å². The van der Waals surface area contributed by atoms with Crippen LogP contribution in [0.2, 0.25) is 0 Å². The molecule has 1 aromatic carbocycles. The molecule has 0 saturated carbocycles. The zero-order valence-corrected chi connectivity index (χ0v) is 14.2. The standard InChI is InChI=1S/C18H26N2O2/c1-18(2)15-8-6-7-9-16(15)20(4)17(18)12-14(21)13-19(3)10-11-22-5/h6-9,12H,10-11,13H2,1-5H3/b17-12+. The van der Waals surface area contributed by atoms with Crippen molar-refractivity contribution in [3.63, 3.8) is 0 Å². The predicted molar refractivity (Wildman–Crippen MR) is 90.3 cm³/mol. The second kappa shape index (κ2) is 6.63. The van der Waals surface area contributed by atoms with E-state index in [2.05, 4.69) is 36.9 Å². The third-order valence-corrected chi connectivity index (χ3v) is 4.34. The molecule has 0 radical (unpaired) electrons. The summed E-state index contributed by atoms with van der Waals surface area (Å²) in [7, 11) is 5.64. The number of ether oxygens (including phenoxy) is 1. The summed E-state index contributed by atoms with van der Waals surface area (Å²) >= 11 is 0. The fourth-order valence-electron chi connectivity index (χ4n) is 3.05. The van der Waals surface area contributed by atoms with Gasteiger partial charge in [0.1, 0.15) is 0 Å². The summed E-state index contributed by atoms with van der Waals surface area (Å²) in [5.74, 6) is 0.126. The molecule has 120 valence electrons. The molecule has 0 atom stereocenters. The maximum absolute atomic E-state index is 12.4. The van der Waals surface area contributed by atoms with E-state index in [4.69, 9.17) is 4.74 Å². The smallest absolute Gasteiger partial charge is 0.171 e. The molecule has 1 aromatic rings. The Bertz CT molecular complexity index is 578. The molecule has 0 N–H and O–H groups in total. The van der Waals surface area contributed by atoms with Crippen molar-refractivity contribution in [3.8, 4) is 0 Å². The average molecular weight is 302 g/mol. The number of fused-ring (bicyclic) bond motifs is 1. The van der Waals surface area contributed by atoms with E-state index in [0.29, 0.717) is 13.2 Å². The maximum atomic E-state index is 12.4. The second-order valence-electron chi connectivity index (χ2n) is 6.43. The highest BCUT2D eigenvalue weighted by Crippen LogP contribution is 2.46. The molecule has 1 aliphatic rings. The number of benzene rings is 1. The monoisotopic (exact) mass is 302 g/mol. The Labute approximate surface area is 133 Å². The zero-order chi connectivity index (χ0) is 16.3. The molecular formula is C18H26N2O2. The van der Waals surface area contributed by atoms with Gasteiger partial charge in [0.25, 0.3) is 0 Å². The first-order valence-corrected chi connectivity index (χ1v) is 7.63. The van der Waals surface area contributed by atoms with Gasteiger partial charge >= 0.3 is 0 Å². The van der Waals surface area contributed by atoms with Gasteiger partial charge in [-0.3, -0.25) is 9.69 Å². The maximum Gasteiger partial charge on any atom is 0.171 e. The fourth-order valence-corrected chi connectivity index (χ4v) is 3.05. The van der Waals surface area contributed by atoms with Gasteiger partial charge in [-0.25, -0.2) is 0 Å². The quantitative estimate of drug-likeness (QED) is 0.756. The van der Waals surface area contributed by atoms with E-state index in [1.807, 2.05) is 25.1 Å². The Hall–Kier alpha value is -1.65. The zero-order valence-electron chi connectivity index (χ0n) is 14.2. The van der Waals surface area contributed by atoms with E-state index in [1.165, 1.54) is 11.3 Å². The van der Waals surface area contributed by atoms with Crippen molar-refractivity contribution in [2.45, 2.75) is 19.3 Å². The van der Waals surface area contributed by atoms with E-state index in [0.717, 1.165) is 12.2 Å². The Morgan fingerprint density at radius 3 is 2.68 bits per heavy atom. The Morgan fingerprint density at radius 2 is 2.05 bits per heavy atom. The third kappa shape index (κ3) is 3.23. The van der Waals surface area contributed by atoms with E-state index >= 15 is 0 Å². The summed E-state index contributed by atoms with van der Waals surface area (Å²) in [4.78, 5) is 16.5. The molecule has 0 fully saturated rings. The molecule has 0 aromatic heterocycles. The lowest BCUT2D eigenvalue weighted by atomic mass is 9.83. The molecule has 0 amide bonds. The number of rotatable bonds is 6. The highest BCUT2D eigenvalue weighted by atomic mass is 16.5. The fraction of sp³-hybridized carbons (Fsp3) is 0.500. The number of carbonyl (C=O) groups is 1. The summed E-state index contributed by atoms with van der Waals surface area (Å²) in [5, 5.41) is 0. The van der Waals surface area contributed by atoms with Crippen LogP contribution in [0.25, 0.3) is 0 Å². The molecule has 4 nitrogen and oxygen atoms in total. The molecule has 1 heterocycles. The molecular weight excluding hydrogens is 276 g/mol. The molecule has 0 bridgehead atoms. The van der Waals surface area contributed by atoms with Crippen LogP contribution in [0.15, 0.2) is 36.0 Å². The van der Waals surface area contributed by atoms with Crippen LogP contribution in [-0.2, 0) is 14.9 Å². The van der Waals surface area contributed by atoms with Crippen molar-refractivity contribution in [2.24, 2.45) is 0 Å². The van der Waals surface area contributed by atoms with Crippen molar-refractivity contribution in [3.05, 3.63) is 41.6 Å². The number of carbonyl (C=O) groups excluding carboxylic acids is 1. The Balaban J connectivity index is 2.17. The van der Waals surface area contributed by atoms with Crippen LogP contribution in [0.5, 0.6) is 0 Å². The van der Waals surface area contributed by atoms with Crippen molar-refractivity contribution in [2.75, 3.05) is 45.8 Å². The van der Waals surface area contributed by atoms with Gasteiger partial charge in [-0.15, -0.1) is 0 Å². The number of hydrogen-bond donors (Lipinski definition) is 0. The summed E-state index contributed by atoms with van der Waals surface area (Å²) in [6.45, 7) is 6.14. The molecule has 1 aliphatic heterocycles. The van der Waals surface area contributed by atoms with Gasteiger partial charge in [-0.2, -0.15) is 0 Å². The lowest BCUT2D eigenvalue weighted by Gasteiger charge is -2.24. The molecule has 0 saturated heterocycles. The van der Waals surface area contributed by atoms with E-state index < -0.39 is 0 Å². The summed E-state index contributed by atoms with van der Waals surface area (Å²) < 4.78 is 5.04. The minimum absolute atomic E-state index is 0.126. The number of methoxy groups -OCH3 is 1.